The predicted octanol–water partition coefficient (Wildman–Crippen LogP) is 6.44. The van der Waals surface area contributed by atoms with Crippen LogP contribution >= 0.6 is 0 Å². The van der Waals surface area contributed by atoms with Gasteiger partial charge in [0.05, 0.1) is 22.4 Å². The smallest absolute Gasteiger partial charge is 0.146 e. The first-order valence-electron chi connectivity index (χ1n) is 11.8. The quantitative estimate of drug-likeness (QED) is 0.301. The molecular formula is C30H20N6. The molecule has 0 unspecified atom stereocenters. The Morgan fingerprint density at radius 3 is 1.33 bits per heavy atom. The Morgan fingerprint density at radius 1 is 0.444 bits per heavy atom. The summed E-state index contributed by atoms with van der Waals surface area (Å²) >= 11 is 0. The number of hydrogen-bond donors (Lipinski definition) is 0. The molecule has 170 valence electrons. The van der Waals surface area contributed by atoms with Gasteiger partial charge in [-0.3, -0.25) is 18.8 Å². The van der Waals surface area contributed by atoms with Crippen molar-refractivity contribution in [3.8, 4) is 45.6 Å². The van der Waals surface area contributed by atoms with Gasteiger partial charge in [-0.2, -0.15) is 0 Å². The van der Waals surface area contributed by atoms with Crippen LogP contribution in [0.2, 0.25) is 0 Å². The minimum atomic E-state index is 0.841. The molecule has 0 spiro atoms. The topological polar surface area (TPSA) is 60.4 Å². The third-order valence-electron chi connectivity index (χ3n) is 6.32. The summed E-state index contributed by atoms with van der Waals surface area (Å²) in [5.74, 6) is 1.68. The Balaban J connectivity index is 1.49. The van der Waals surface area contributed by atoms with E-state index in [0.717, 1.165) is 56.6 Å². The fourth-order valence-corrected chi connectivity index (χ4v) is 4.71. The Labute approximate surface area is 207 Å². The Bertz CT molecular complexity index is 1700. The van der Waals surface area contributed by atoms with Crippen molar-refractivity contribution in [2.75, 3.05) is 0 Å². The fraction of sp³-hybridized carbons (Fsp3) is 0. The third-order valence-corrected chi connectivity index (χ3v) is 6.32. The zero-order valence-electron chi connectivity index (χ0n) is 19.2. The average Bonchev–Trinajstić information content (AvgIpc) is 3.54. The molecule has 0 aliphatic carbocycles. The number of benzene rings is 1. The van der Waals surface area contributed by atoms with Gasteiger partial charge in [-0.1, -0.05) is 48.5 Å². The number of aromatic nitrogens is 6. The standard InChI is InChI=1S/C30H20N6/c1-2-12-22(30-34-28(24-14-4-8-18-32-24)26-16-6-10-20-36(26)30)21(11-1)29-33-27(23-13-3-7-17-31-23)25-15-5-9-19-35(25)29/h1-20H. The van der Waals surface area contributed by atoms with Gasteiger partial charge in [0.25, 0.3) is 0 Å². The van der Waals surface area contributed by atoms with E-state index in [2.05, 4.69) is 43.0 Å². The van der Waals surface area contributed by atoms with Crippen LogP contribution < -0.4 is 0 Å². The van der Waals surface area contributed by atoms with Gasteiger partial charge in [0.2, 0.25) is 0 Å². The predicted molar refractivity (Wildman–Crippen MR) is 141 cm³/mol. The van der Waals surface area contributed by atoms with Crippen molar-refractivity contribution in [1.82, 2.24) is 28.7 Å². The lowest BCUT2D eigenvalue weighted by molar-refractivity contribution is 1.14. The molecule has 0 radical (unpaired) electrons. The van der Waals surface area contributed by atoms with Crippen LogP contribution in [0.1, 0.15) is 0 Å². The summed E-state index contributed by atoms with van der Waals surface area (Å²) in [7, 11) is 0. The number of imidazole rings is 2. The van der Waals surface area contributed by atoms with Crippen molar-refractivity contribution in [3.05, 3.63) is 122 Å². The van der Waals surface area contributed by atoms with Gasteiger partial charge in [0.1, 0.15) is 23.0 Å². The highest BCUT2D eigenvalue weighted by atomic mass is 15.1. The van der Waals surface area contributed by atoms with E-state index in [9.17, 15) is 0 Å². The van der Waals surface area contributed by atoms with Crippen LogP contribution in [0.3, 0.4) is 0 Å². The summed E-state index contributed by atoms with van der Waals surface area (Å²) in [6.45, 7) is 0. The van der Waals surface area contributed by atoms with E-state index in [0.29, 0.717) is 0 Å². The first kappa shape index (κ1) is 20.3. The van der Waals surface area contributed by atoms with Gasteiger partial charge in [-0.15, -0.1) is 0 Å². The van der Waals surface area contributed by atoms with Crippen LogP contribution in [-0.4, -0.2) is 28.7 Å². The molecule has 0 atom stereocenters. The molecule has 1 aromatic carbocycles. The average molecular weight is 465 g/mol. The summed E-state index contributed by atoms with van der Waals surface area (Å²) in [4.78, 5) is 19.4. The summed E-state index contributed by atoms with van der Waals surface area (Å²) in [5.41, 5.74) is 7.37. The van der Waals surface area contributed by atoms with Crippen LogP contribution in [0.5, 0.6) is 0 Å². The van der Waals surface area contributed by atoms with E-state index in [4.69, 9.17) is 9.97 Å². The molecule has 0 amide bonds. The summed E-state index contributed by atoms with van der Waals surface area (Å²) in [5, 5.41) is 0. The van der Waals surface area contributed by atoms with Crippen molar-refractivity contribution < 1.29 is 0 Å². The zero-order chi connectivity index (χ0) is 23.9. The normalized spacial score (nSPS) is 11.3. The maximum absolute atomic E-state index is 5.11. The summed E-state index contributed by atoms with van der Waals surface area (Å²) < 4.78 is 4.25. The SMILES string of the molecule is c1ccc(-c2nc(-c3ccccc3-c3nc(-c4ccccn4)c4ccccn34)n3ccccc23)nc1. The van der Waals surface area contributed by atoms with Crippen molar-refractivity contribution in [1.29, 1.82) is 0 Å². The number of fused-ring (bicyclic) bond motifs is 2. The molecule has 0 saturated carbocycles. The Kier molecular flexibility index (Phi) is 4.67. The second kappa shape index (κ2) is 8.29. The van der Waals surface area contributed by atoms with Crippen LogP contribution in [0, 0.1) is 0 Å². The van der Waals surface area contributed by atoms with E-state index < -0.39 is 0 Å². The lowest BCUT2D eigenvalue weighted by Gasteiger charge is -2.08. The largest absolute Gasteiger partial charge is 0.299 e. The first-order chi connectivity index (χ1) is 17.9. The van der Waals surface area contributed by atoms with E-state index in [1.807, 2.05) is 85.2 Å². The lowest BCUT2D eigenvalue weighted by atomic mass is 10.1. The van der Waals surface area contributed by atoms with Crippen molar-refractivity contribution in [2.45, 2.75) is 0 Å². The second-order valence-corrected chi connectivity index (χ2v) is 8.46. The van der Waals surface area contributed by atoms with Gasteiger partial charge in [-0.05, 0) is 48.5 Å². The first-order valence-corrected chi connectivity index (χ1v) is 11.8. The Morgan fingerprint density at radius 2 is 0.889 bits per heavy atom. The van der Waals surface area contributed by atoms with Crippen LogP contribution in [-0.2, 0) is 0 Å². The molecule has 0 saturated heterocycles. The summed E-state index contributed by atoms with van der Waals surface area (Å²) in [6, 6.07) is 32.3. The lowest BCUT2D eigenvalue weighted by Crippen LogP contribution is -1.95. The zero-order valence-corrected chi connectivity index (χ0v) is 19.2. The minimum absolute atomic E-state index is 0.841. The molecule has 0 bridgehead atoms. The van der Waals surface area contributed by atoms with Crippen molar-refractivity contribution >= 4 is 11.0 Å². The molecule has 6 aromatic heterocycles. The molecule has 7 rings (SSSR count). The number of pyridine rings is 4. The van der Waals surface area contributed by atoms with E-state index in [1.54, 1.807) is 12.4 Å². The van der Waals surface area contributed by atoms with Crippen molar-refractivity contribution in [3.63, 3.8) is 0 Å². The van der Waals surface area contributed by atoms with Gasteiger partial charge in [0.15, 0.2) is 0 Å². The van der Waals surface area contributed by atoms with E-state index >= 15 is 0 Å². The highest BCUT2D eigenvalue weighted by molar-refractivity contribution is 5.87. The highest BCUT2D eigenvalue weighted by Gasteiger charge is 2.21. The number of nitrogens with zero attached hydrogens (tertiary/aromatic N) is 6. The highest BCUT2D eigenvalue weighted by Crippen LogP contribution is 2.36. The van der Waals surface area contributed by atoms with Gasteiger partial charge in [0, 0.05) is 35.9 Å². The molecule has 7 aromatic rings. The van der Waals surface area contributed by atoms with Gasteiger partial charge < -0.3 is 0 Å². The van der Waals surface area contributed by atoms with Crippen LogP contribution in [0.15, 0.2) is 122 Å². The fourth-order valence-electron chi connectivity index (χ4n) is 4.71. The third kappa shape index (κ3) is 3.20. The molecule has 0 fully saturated rings. The maximum Gasteiger partial charge on any atom is 0.146 e. The van der Waals surface area contributed by atoms with Crippen LogP contribution in [0.4, 0.5) is 0 Å². The minimum Gasteiger partial charge on any atom is -0.299 e. The van der Waals surface area contributed by atoms with Gasteiger partial charge >= 0.3 is 0 Å². The Hall–Kier alpha value is -5.10. The summed E-state index contributed by atoms with van der Waals surface area (Å²) in [6.07, 6.45) is 7.69. The van der Waals surface area contributed by atoms with E-state index in [-0.39, 0.29) is 0 Å². The molecule has 0 aliphatic heterocycles. The molecule has 6 heteroatoms. The number of hydrogen-bond acceptors (Lipinski definition) is 4. The molecule has 6 nitrogen and oxygen atoms in total. The van der Waals surface area contributed by atoms with Gasteiger partial charge in [-0.25, -0.2) is 9.97 Å². The molecule has 0 aliphatic rings. The van der Waals surface area contributed by atoms with Crippen LogP contribution in [0.25, 0.3) is 56.6 Å². The molecule has 36 heavy (non-hydrogen) atoms. The second-order valence-electron chi connectivity index (χ2n) is 8.46. The van der Waals surface area contributed by atoms with Crippen molar-refractivity contribution in [2.24, 2.45) is 0 Å². The molecule has 6 heterocycles. The number of rotatable bonds is 4. The monoisotopic (exact) mass is 464 g/mol. The molecular weight excluding hydrogens is 444 g/mol. The van der Waals surface area contributed by atoms with E-state index in [1.165, 1.54) is 0 Å². The molecule has 0 N–H and O–H groups in total. The maximum atomic E-state index is 5.11.